The molecule has 4 heteroatoms. The molecule has 0 bridgehead atoms. The second kappa shape index (κ2) is 5.07. The zero-order valence-corrected chi connectivity index (χ0v) is 10.6. The Kier molecular flexibility index (Phi) is 3.27. The monoisotopic (exact) mass is 256 g/mol. The van der Waals surface area contributed by atoms with Gasteiger partial charge in [-0.05, 0) is 18.2 Å². The summed E-state index contributed by atoms with van der Waals surface area (Å²) in [7, 11) is 0. The molecule has 2 unspecified atom stereocenters. The van der Waals surface area contributed by atoms with Gasteiger partial charge in [-0.2, -0.15) is 0 Å². The standard InChI is InChI=1S/C15H16N2O2/c16-7-11-5-6-14(19-11)15(18)13-9-17-8-10-3-1-2-4-12(10)13/h1-4,8-9,11,14H,5-7,16H2. The van der Waals surface area contributed by atoms with Gasteiger partial charge in [-0.25, -0.2) is 0 Å². The van der Waals surface area contributed by atoms with Crippen LogP contribution in [0.1, 0.15) is 23.2 Å². The molecule has 2 N–H and O–H groups in total. The lowest BCUT2D eigenvalue weighted by atomic mass is 10.00. The first-order chi connectivity index (χ1) is 9.29. The van der Waals surface area contributed by atoms with Gasteiger partial charge in [0.25, 0.3) is 0 Å². The molecule has 2 aromatic rings. The lowest BCUT2D eigenvalue weighted by molar-refractivity contribution is 0.0405. The average Bonchev–Trinajstić information content (AvgIpc) is 2.95. The number of carbonyl (C=O) groups is 1. The summed E-state index contributed by atoms with van der Waals surface area (Å²) in [4.78, 5) is 16.7. The normalized spacial score (nSPS) is 22.8. The number of carbonyl (C=O) groups excluding carboxylic acids is 1. The maximum Gasteiger partial charge on any atom is 0.193 e. The van der Waals surface area contributed by atoms with Crippen molar-refractivity contribution in [3.8, 4) is 0 Å². The first-order valence-electron chi connectivity index (χ1n) is 6.52. The third-order valence-corrected chi connectivity index (χ3v) is 3.60. The second-order valence-corrected chi connectivity index (χ2v) is 4.83. The summed E-state index contributed by atoms with van der Waals surface area (Å²) in [5, 5.41) is 1.91. The molecule has 3 rings (SSSR count). The van der Waals surface area contributed by atoms with Gasteiger partial charge in [0.2, 0.25) is 0 Å². The SMILES string of the molecule is NCC1CCC(C(=O)c2cncc3ccccc23)O1. The van der Waals surface area contributed by atoms with E-state index in [0.717, 1.165) is 23.6 Å². The van der Waals surface area contributed by atoms with Crippen LogP contribution in [0.25, 0.3) is 10.8 Å². The van der Waals surface area contributed by atoms with Crippen LogP contribution < -0.4 is 5.73 Å². The van der Waals surface area contributed by atoms with Gasteiger partial charge in [0.1, 0.15) is 6.10 Å². The summed E-state index contributed by atoms with van der Waals surface area (Å²) in [6.07, 6.45) is 4.63. The number of ether oxygens (including phenoxy) is 1. The number of ketones is 1. The Bertz CT molecular complexity index is 607. The molecule has 0 aliphatic carbocycles. The summed E-state index contributed by atoms with van der Waals surface area (Å²) in [6, 6.07) is 7.77. The fourth-order valence-corrected chi connectivity index (χ4v) is 2.56. The molecule has 4 nitrogen and oxygen atoms in total. The van der Waals surface area contributed by atoms with Crippen LogP contribution in [0.3, 0.4) is 0 Å². The molecule has 0 saturated carbocycles. The number of aromatic nitrogens is 1. The van der Waals surface area contributed by atoms with Crippen LogP contribution in [0, 0.1) is 0 Å². The van der Waals surface area contributed by atoms with E-state index in [2.05, 4.69) is 4.98 Å². The number of rotatable bonds is 3. The van der Waals surface area contributed by atoms with Crippen LogP contribution in [-0.4, -0.2) is 29.5 Å². The highest BCUT2D eigenvalue weighted by Gasteiger charge is 2.31. The second-order valence-electron chi connectivity index (χ2n) is 4.83. The number of pyridine rings is 1. The number of hydrogen-bond donors (Lipinski definition) is 1. The molecule has 1 aromatic carbocycles. The molecule has 0 radical (unpaired) electrons. The Balaban J connectivity index is 1.94. The lowest BCUT2D eigenvalue weighted by Crippen LogP contribution is -2.25. The van der Waals surface area contributed by atoms with E-state index in [9.17, 15) is 4.79 Å². The summed E-state index contributed by atoms with van der Waals surface area (Å²) < 4.78 is 5.67. The number of hydrogen-bond acceptors (Lipinski definition) is 4. The fourth-order valence-electron chi connectivity index (χ4n) is 2.56. The van der Waals surface area contributed by atoms with Gasteiger partial charge in [-0.3, -0.25) is 9.78 Å². The van der Waals surface area contributed by atoms with Gasteiger partial charge in [0.05, 0.1) is 6.10 Å². The van der Waals surface area contributed by atoms with E-state index in [4.69, 9.17) is 10.5 Å². The van der Waals surface area contributed by atoms with Gasteiger partial charge in [0.15, 0.2) is 5.78 Å². The average molecular weight is 256 g/mol. The number of Topliss-reactive ketones (excluding diaryl/α,β-unsaturated/α-hetero) is 1. The van der Waals surface area contributed by atoms with Crippen LogP contribution in [0.2, 0.25) is 0 Å². The van der Waals surface area contributed by atoms with Crippen molar-refractivity contribution < 1.29 is 9.53 Å². The van der Waals surface area contributed by atoms with E-state index >= 15 is 0 Å². The highest BCUT2D eigenvalue weighted by Crippen LogP contribution is 2.25. The first kappa shape index (κ1) is 12.3. The third kappa shape index (κ3) is 2.25. The summed E-state index contributed by atoms with van der Waals surface area (Å²) in [6.45, 7) is 0.470. The molecule has 0 spiro atoms. The van der Waals surface area contributed by atoms with Crippen LogP contribution in [0.5, 0.6) is 0 Å². The number of nitrogens with zero attached hydrogens (tertiary/aromatic N) is 1. The van der Waals surface area contributed by atoms with Gasteiger partial charge in [-0.15, -0.1) is 0 Å². The van der Waals surface area contributed by atoms with Crippen LogP contribution in [0.15, 0.2) is 36.7 Å². The Morgan fingerprint density at radius 2 is 2.16 bits per heavy atom. The minimum absolute atomic E-state index is 0.0110. The Morgan fingerprint density at radius 1 is 1.32 bits per heavy atom. The van der Waals surface area contributed by atoms with Crippen molar-refractivity contribution in [2.45, 2.75) is 25.0 Å². The van der Waals surface area contributed by atoms with Crippen molar-refractivity contribution in [2.75, 3.05) is 6.54 Å². The molecule has 1 saturated heterocycles. The molecule has 2 heterocycles. The number of fused-ring (bicyclic) bond motifs is 1. The molecule has 1 aliphatic rings. The Labute approximate surface area is 111 Å². The van der Waals surface area contributed by atoms with Crippen molar-refractivity contribution in [3.63, 3.8) is 0 Å². The van der Waals surface area contributed by atoms with Crippen LogP contribution in [0.4, 0.5) is 0 Å². The van der Waals surface area contributed by atoms with E-state index in [1.807, 2.05) is 24.3 Å². The molecule has 2 atom stereocenters. The fraction of sp³-hybridized carbons (Fsp3) is 0.333. The highest BCUT2D eigenvalue weighted by atomic mass is 16.5. The van der Waals surface area contributed by atoms with Crippen molar-refractivity contribution in [1.29, 1.82) is 0 Å². The molecule has 1 aromatic heterocycles. The molecule has 98 valence electrons. The van der Waals surface area contributed by atoms with Crippen molar-refractivity contribution in [2.24, 2.45) is 5.73 Å². The van der Waals surface area contributed by atoms with Gasteiger partial charge in [0, 0.05) is 29.9 Å². The molecule has 1 fully saturated rings. The van der Waals surface area contributed by atoms with E-state index in [0.29, 0.717) is 12.1 Å². The highest BCUT2D eigenvalue weighted by molar-refractivity contribution is 6.09. The topological polar surface area (TPSA) is 65.2 Å². The summed E-state index contributed by atoms with van der Waals surface area (Å²) in [5.74, 6) is 0.0141. The molecule has 1 aliphatic heterocycles. The molecule has 0 amide bonds. The van der Waals surface area contributed by atoms with Crippen molar-refractivity contribution in [3.05, 3.63) is 42.2 Å². The Hall–Kier alpha value is -1.78. The molecular weight excluding hydrogens is 240 g/mol. The number of benzene rings is 1. The minimum atomic E-state index is -0.374. The van der Waals surface area contributed by atoms with E-state index < -0.39 is 0 Å². The van der Waals surface area contributed by atoms with Crippen LogP contribution >= 0.6 is 0 Å². The minimum Gasteiger partial charge on any atom is -0.366 e. The van der Waals surface area contributed by atoms with Gasteiger partial charge >= 0.3 is 0 Å². The van der Waals surface area contributed by atoms with Gasteiger partial charge in [-0.1, -0.05) is 24.3 Å². The van der Waals surface area contributed by atoms with Crippen molar-refractivity contribution in [1.82, 2.24) is 4.98 Å². The predicted octanol–water partition coefficient (Wildman–Crippen LogP) is 1.92. The van der Waals surface area contributed by atoms with E-state index in [1.54, 1.807) is 12.4 Å². The Morgan fingerprint density at radius 3 is 2.95 bits per heavy atom. The summed E-state index contributed by atoms with van der Waals surface area (Å²) in [5.41, 5.74) is 6.22. The first-order valence-corrected chi connectivity index (χ1v) is 6.52. The van der Waals surface area contributed by atoms with Gasteiger partial charge < -0.3 is 10.5 Å². The predicted molar refractivity (Wildman–Crippen MR) is 73.0 cm³/mol. The maximum absolute atomic E-state index is 12.5. The maximum atomic E-state index is 12.5. The van der Waals surface area contributed by atoms with E-state index in [1.165, 1.54) is 0 Å². The molecule has 19 heavy (non-hydrogen) atoms. The molecular formula is C15H16N2O2. The number of nitrogens with two attached hydrogens (primary N) is 1. The quantitative estimate of drug-likeness (QED) is 0.852. The smallest absolute Gasteiger partial charge is 0.193 e. The largest absolute Gasteiger partial charge is 0.366 e. The van der Waals surface area contributed by atoms with E-state index in [-0.39, 0.29) is 18.0 Å². The third-order valence-electron chi connectivity index (χ3n) is 3.60. The van der Waals surface area contributed by atoms with Crippen LogP contribution in [-0.2, 0) is 4.74 Å². The summed E-state index contributed by atoms with van der Waals surface area (Å²) >= 11 is 0. The lowest BCUT2D eigenvalue weighted by Gasteiger charge is -2.12. The van der Waals surface area contributed by atoms with Crippen molar-refractivity contribution >= 4 is 16.6 Å². The zero-order valence-electron chi connectivity index (χ0n) is 10.6. The zero-order chi connectivity index (χ0) is 13.2.